The third-order valence-corrected chi connectivity index (χ3v) is 8.27. The van der Waals surface area contributed by atoms with Gasteiger partial charge >= 0.3 is 0 Å². The summed E-state index contributed by atoms with van der Waals surface area (Å²) < 4.78 is 6.13. The van der Waals surface area contributed by atoms with Crippen LogP contribution in [-0.2, 0) is 6.42 Å². The molecule has 1 amide bonds. The molecule has 3 aromatic carbocycles. The first kappa shape index (κ1) is 27.2. The molecule has 1 aliphatic heterocycles. The van der Waals surface area contributed by atoms with E-state index < -0.39 is 5.91 Å². The first-order valence-corrected chi connectivity index (χ1v) is 14.1. The molecule has 5 rings (SSSR count). The number of nitrogens with zero attached hydrogens (tertiary/aromatic N) is 2. The number of rotatable bonds is 8. The molecule has 4 aromatic rings. The highest BCUT2D eigenvalue weighted by Crippen LogP contribution is 2.38. The topological polar surface area (TPSA) is 74.2 Å². The van der Waals surface area contributed by atoms with Crippen molar-refractivity contribution in [1.82, 2.24) is 10.3 Å². The van der Waals surface area contributed by atoms with Gasteiger partial charge in [-0.25, -0.2) is 5.43 Å². The molecule has 202 valence electrons. The molecule has 2 N–H and O–H groups in total. The van der Waals surface area contributed by atoms with Crippen LogP contribution in [0.25, 0.3) is 0 Å². The Labute approximate surface area is 242 Å². The number of thiophene rings is 1. The zero-order valence-electron chi connectivity index (χ0n) is 21.2. The van der Waals surface area contributed by atoms with Crippen molar-refractivity contribution in [3.63, 3.8) is 0 Å². The van der Waals surface area contributed by atoms with Crippen LogP contribution in [0.15, 0.2) is 77.2 Å². The minimum Gasteiger partial charge on any atom is -0.506 e. The lowest BCUT2D eigenvalue weighted by Gasteiger charge is -2.36. The molecule has 1 unspecified atom stereocenters. The van der Waals surface area contributed by atoms with Crippen LogP contribution in [0.4, 0.5) is 0 Å². The Morgan fingerprint density at radius 2 is 2.00 bits per heavy atom. The number of hydrogen-bond donors (Lipinski definition) is 2. The van der Waals surface area contributed by atoms with Gasteiger partial charge in [0.1, 0.15) is 18.1 Å². The van der Waals surface area contributed by atoms with E-state index >= 15 is 0 Å². The first-order valence-electron chi connectivity index (χ1n) is 12.5. The zero-order chi connectivity index (χ0) is 27.4. The quantitative estimate of drug-likeness (QED) is 0.172. The van der Waals surface area contributed by atoms with Gasteiger partial charge in [0.2, 0.25) is 0 Å². The van der Waals surface area contributed by atoms with Gasteiger partial charge in [0.05, 0.1) is 17.3 Å². The molecule has 0 fully saturated rings. The third kappa shape index (κ3) is 6.45. The fourth-order valence-electron chi connectivity index (χ4n) is 4.68. The zero-order valence-corrected chi connectivity index (χ0v) is 23.6. The molecule has 1 aliphatic rings. The number of carbonyl (C=O) groups is 1. The molecule has 0 saturated carbocycles. The maximum Gasteiger partial charge on any atom is 0.271 e. The van der Waals surface area contributed by atoms with E-state index in [1.165, 1.54) is 34.2 Å². The van der Waals surface area contributed by atoms with Crippen LogP contribution in [0.3, 0.4) is 0 Å². The third-order valence-electron chi connectivity index (χ3n) is 6.72. The van der Waals surface area contributed by atoms with E-state index in [1.807, 2.05) is 48.6 Å². The number of benzene rings is 3. The summed E-state index contributed by atoms with van der Waals surface area (Å²) in [4.78, 5) is 16.2. The normalized spacial score (nSPS) is 15.3. The Morgan fingerprint density at radius 3 is 2.77 bits per heavy atom. The molecule has 1 atom stereocenters. The van der Waals surface area contributed by atoms with Gasteiger partial charge in [-0.1, -0.05) is 35.3 Å². The van der Waals surface area contributed by atoms with Crippen LogP contribution in [0.5, 0.6) is 11.5 Å². The number of phenolic OH excluding ortho intramolecular Hbond substituents is 1. The van der Waals surface area contributed by atoms with Crippen molar-refractivity contribution in [1.29, 1.82) is 0 Å². The number of hydrazone groups is 1. The molecule has 0 saturated heterocycles. The van der Waals surface area contributed by atoms with E-state index in [1.54, 1.807) is 6.21 Å². The highest BCUT2D eigenvalue weighted by atomic mass is 35.5. The molecule has 2 heterocycles. The van der Waals surface area contributed by atoms with Gasteiger partial charge in [-0.3, -0.25) is 9.69 Å². The van der Waals surface area contributed by atoms with Crippen LogP contribution in [0, 0.1) is 6.92 Å². The molecule has 0 radical (unpaired) electrons. The summed E-state index contributed by atoms with van der Waals surface area (Å²) in [6, 6.07) is 20.6. The van der Waals surface area contributed by atoms with Crippen molar-refractivity contribution in [3.05, 3.63) is 115 Å². The summed E-state index contributed by atoms with van der Waals surface area (Å²) in [7, 11) is 0. The van der Waals surface area contributed by atoms with E-state index in [-0.39, 0.29) is 18.2 Å². The smallest absolute Gasteiger partial charge is 0.271 e. The van der Waals surface area contributed by atoms with Crippen LogP contribution >= 0.6 is 34.5 Å². The summed E-state index contributed by atoms with van der Waals surface area (Å²) in [6.45, 7) is 4.29. The van der Waals surface area contributed by atoms with Crippen molar-refractivity contribution in [2.45, 2.75) is 19.4 Å². The van der Waals surface area contributed by atoms with Gasteiger partial charge in [0, 0.05) is 30.0 Å². The Bertz CT molecular complexity index is 1510. The maximum absolute atomic E-state index is 12.3. The van der Waals surface area contributed by atoms with Crippen LogP contribution in [0.2, 0.25) is 10.0 Å². The second-order valence-corrected chi connectivity index (χ2v) is 11.1. The Morgan fingerprint density at radius 1 is 1.18 bits per heavy atom. The number of halogens is 2. The monoisotopic (exact) mass is 581 g/mol. The van der Waals surface area contributed by atoms with E-state index in [4.69, 9.17) is 27.9 Å². The summed E-state index contributed by atoms with van der Waals surface area (Å²) in [5.41, 5.74) is 7.21. The average molecular weight is 583 g/mol. The maximum atomic E-state index is 12.3. The van der Waals surface area contributed by atoms with Gasteiger partial charge in [-0.05, 0) is 95.6 Å². The predicted molar refractivity (Wildman–Crippen MR) is 160 cm³/mol. The van der Waals surface area contributed by atoms with Gasteiger partial charge in [-0.15, -0.1) is 11.3 Å². The number of ether oxygens (including phenoxy) is 1. The van der Waals surface area contributed by atoms with E-state index in [2.05, 4.69) is 39.0 Å². The van der Waals surface area contributed by atoms with E-state index in [0.717, 1.165) is 41.4 Å². The first-order chi connectivity index (χ1) is 18.9. The number of hydrogen-bond acceptors (Lipinski definition) is 6. The summed E-state index contributed by atoms with van der Waals surface area (Å²) in [5.74, 6) is 0.280. The lowest BCUT2D eigenvalue weighted by molar-refractivity contribution is 0.0955. The molecule has 0 bridgehead atoms. The van der Waals surface area contributed by atoms with Crippen molar-refractivity contribution < 1.29 is 16.1 Å². The number of amides is 1. The SMILES string of the molecule is Cc1cc(OCCN2CCc3sccc3C2c2ccc(Cl)cc2)ccc1/C=N/NC(=O)c1ccc(O)c(Cl)c1.[HH]. The Balaban J connectivity index is 0.00000370. The van der Waals surface area contributed by atoms with Crippen molar-refractivity contribution in [2.24, 2.45) is 5.10 Å². The minimum atomic E-state index is -0.421. The van der Waals surface area contributed by atoms with Crippen LogP contribution in [0.1, 0.15) is 45.0 Å². The molecular weight excluding hydrogens is 553 g/mol. The Kier molecular flexibility index (Phi) is 8.53. The van der Waals surface area contributed by atoms with Crippen molar-refractivity contribution in [2.75, 3.05) is 19.7 Å². The number of nitrogens with one attached hydrogen (secondary N) is 1. The van der Waals surface area contributed by atoms with Gasteiger partial charge < -0.3 is 9.84 Å². The van der Waals surface area contributed by atoms with E-state index in [0.29, 0.717) is 12.2 Å². The predicted octanol–water partition coefficient (Wildman–Crippen LogP) is 7.11. The van der Waals surface area contributed by atoms with Crippen molar-refractivity contribution in [3.8, 4) is 11.5 Å². The molecule has 39 heavy (non-hydrogen) atoms. The minimum absolute atomic E-state index is 0. The fraction of sp³-hybridized carbons (Fsp3) is 0.200. The van der Waals surface area contributed by atoms with Gasteiger partial charge in [-0.2, -0.15) is 5.10 Å². The van der Waals surface area contributed by atoms with Crippen molar-refractivity contribution >= 4 is 46.7 Å². The molecular formula is C30H29Cl2N3O3S. The van der Waals surface area contributed by atoms with Gasteiger partial charge in [0.15, 0.2) is 0 Å². The average Bonchev–Trinajstić information content (AvgIpc) is 3.41. The number of aromatic hydroxyl groups is 1. The summed E-state index contributed by atoms with van der Waals surface area (Å²) >= 11 is 13.8. The number of fused-ring (bicyclic) bond motifs is 1. The molecule has 0 spiro atoms. The lowest BCUT2D eigenvalue weighted by atomic mass is 9.93. The van der Waals surface area contributed by atoms with E-state index in [9.17, 15) is 9.90 Å². The highest BCUT2D eigenvalue weighted by molar-refractivity contribution is 7.10. The molecule has 6 nitrogen and oxygen atoms in total. The Hall–Kier alpha value is -3.36. The summed E-state index contributed by atoms with van der Waals surface area (Å²) in [6.07, 6.45) is 2.63. The summed E-state index contributed by atoms with van der Waals surface area (Å²) in [5, 5.41) is 16.6. The lowest BCUT2D eigenvalue weighted by Crippen LogP contribution is -2.38. The standard InChI is InChI=1S/C30H27Cl2N3O3S.H2/c1-19-16-24(8-4-22(19)18-33-34-30(37)21-5-9-27(36)26(32)17-21)38-14-13-35-12-10-28-25(11-15-39-28)29(35)20-2-6-23(31)7-3-20;/h2-9,11,15-18,29,36H,10,12-14H2,1H3,(H,34,37);1H/b33-18+;. The highest BCUT2D eigenvalue weighted by Gasteiger charge is 2.29. The second-order valence-electron chi connectivity index (χ2n) is 9.27. The van der Waals surface area contributed by atoms with Crippen LogP contribution < -0.4 is 10.2 Å². The molecule has 1 aromatic heterocycles. The second kappa shape index (κ2) is 12.2. The van der Waals surface area contributed by atoms with Gasteiger partial charge in [0.25, 0.3) is 5.91 Å². The number of aryl methyl sites for hydroxylation is 1. The number of phenols is 1. The fourth-order valence-corrected chi connectivity index (χ4v) is 5.89. The molecule has 9 heteroatoms. The molecule has 0 aliphatic carbocycles. The number of carbonyl (C=O) groups excluding carboxylic acids is 1. The van der Waals surface area contributed by atoms with Crippen LogP contribution in [-0.4, -0.2) is 41.8 Å². The largest absolute Gasteiger partial charge is 0.506 e.